The van der Waals surface area contributed by atoms with Gasteiger partial charge in [0.2, 0.25) is 37.6 Å². The van der Waals surface area contributed by atoms with Gasteiger partial charge in [-0.1, -0.05) is 144 Å². The molecule has 5 fully saturated rings. The van der Waals surface area contributed by atoms with Gasteiger partial charge in [0, 0.05) is 87.0 Å². The number of Topliss-reactive ketones (excluding diaryl/α,β-unsaturated/α-hetero) is 5. The van der Waals surface area contributed by atoms with Crippen molar-refractivity contribution in [2.45, 2.75) is 286 Å². The van der Waals surface area contributed by atoms with Gasteiger partial charge in [0.1, 0.15) is 17.3 Å². The second kappa shape index (κ2) is 36.6. The fraction of sp³-hybridized carbons (Fsp3) is 0.827. The van der Waals surface area contributed by atoms with E-state index in [0.29, 0.717) is 63.7 Å². The molecule has 24 heteroatoms. The number of aliphatic hydroxyl groups is 1. The molecule has 3 aliphatic heterocycles. The molecule has 11 atom stereocenters. The van der Waals surface area contributed by atoms with E-state index in [1.165, 1.54) is 8.61 Å². The van der Waals surface area contributed by atoms with Crippen LogP contribution in [-0.2, 0) is 72.7 Å². The molecule has 0 bridgehead atoms. The first-order chi connectivity index (χ1) is 45.5. The Hall–Kier alpha value is -4.08. The highest BCUT2D eigenvalue weighted by atomic mass is 32.2. The predicted octanol–water partition coefficient (Wildman–Crippen LogP) is 12.1. The summed E-state index contributed by atoms with van der Waals surface area (Å²) in [5.74, 6) is -7.49. The second-order valence-corrected chi connectivity index (χ2v) is 50.5. The molecule has 5 aliphatic rings. The highest BCUT2D eigenvalue weighted by Crippen LogP contribution is 2.66. The number of fused-ring (bicyclic) bond motifs is 4. The van der Waals surface area contributed by atoms with E-state index in [1.54, 1.807) is 70.4 Å². The van der Waals surface area contributed by atoms with Crippen LogP contribution in [0.25, 0.3) is 0 Å². The Morgan fingerprint density at radius 1 is 0.717 bits per heavy atom. The summed E-state index contributed by atoms with van der Waals surface area (Å²) in [6.07, 6.45) is 10.7. The summed E-state index contributed by atoms with van der Waals surface area (Å²) >= 11 is 0. The van der Waals surface area contributed by atoms with E-state index >= 15 is 0 Å². The number of allylic oxidation sites excluding steroid dienone is 2. The molecule has 20 nitrogen and oxygen atoms in total. The molecular weight excluding hydrogens is 1330 g/mol. The van der Waals surface area contributed by atoms with E-state index in [1.807, 2.05) is 0 Å². The van der Waals surface area contributed by atoms with Crippen molar-refractivity contribution in [1.82, 2.24) is 18.4 Å². The van der Waals surface area contributed by atoms with Crippen molar-refractivity contribution in [3.05, 3.63) is 25.3 Å². The van der Waals surface area contributed by atoms with Crippen LogP contribution in [0.4, 0.5) is 0 Å². The molecule has 5 rings (SSSR count). The van der Waals surface area contributed by atoms with Crippen LogP contribution in [0, 0.1) is 58.2 Å². The third kappa shape index (κ3) is 26.5. The van der Waals surface area contributed by atoms with Gasteiger partial charge in [-0.2, -0.15) is 0 Å². The number of ketones is 5. The second-order valence-electron chi connectivity index (χ2n) is 35.1. The lowest BCUT2D eigenvalue weighted by Gasteiger charge is -2.35. The average molecular weight is 1460 g/mol. The zero-order chi connectivity index (χ0) is 75.2. The molecule has 0 aromatic rings. The maximum Gasteiger partial charge on any atom is 0.307 e. The van der Waals surface area contributed by atoms with Gasteiger partial charge in [-0.25, -0.2) is 25.4 Å². The van der Waals surface area contributed by atoms with Gasteiger partial charge < -0.3 is 24.4 Å². The summed E-state index contributed by atoms with van der Waals surface area (Å²) in [5, 5.41) is 10.7. The van der Waals surface area contributed by atoms with Crippen molar-refractivity contribution in [2.75, 3.05) is 50.8 Å². The normalized spacial score (nSPS) is 24.8. The van der Waals surface area contributed by atoms with E-state index in [9.17, 15) is 65.1 Å². The lowest BCUT2D eigenvalue weighted by Crippen LogP contribution is -2.51. The number of esters is 2. The first-order valence-electron chi connectivity index (χ1n) is 37.1. The Morgan fingerprint density at radius 2 is 1.26 bits per heavy atom. The first-order valence-corrected chi connectivity index (χ1v) is 47.7. The average Bonchev–Trinajstić information content (AvgIpc) is 1.53. The summed E-state index contributed by atoms with van der Waals surface area (Å²) in [6, 6.07) is -0.439. The maximum absolute atomic E-state index is 14.6. The number of hydrogen-bond acceptors (Lipinski definition) is 16. The molecule has 0 aromatic carbocycles. The fourth-order valence-electron chi connectivity index (χ4n) is 14.8. The van der Waals surface area contributed by atoms with E-state index in [2.05, 4.69) is 87.1 Å². The standard InChI is InChI=1S/C38H68N2O8SSi.C37H62N2O8SSi/c1-12-14-16-17-18-20-39(49(46,47)21-22-50(9,10)11)25-28(24-32(43)48-37(4,5)6)36(45)40-26-29-33(38(29,7)8)34(40)31(42)23-27(3)35(44)30(41)19-15-13-2;1-10-11-18-29(40)34(43)26-17-15-13-12-14-16-19-38(48(45,46)20-21-49(7,8)9)24-27(23-31(42)47-36(2,3)4)35(44)39-25-28-32(37(28,5)6)33(39)30(41)22-26/h13,27-29,33-35,44H,2,12,14-26H2,1,3-11H3;10,26-28,32-33H,1,11-25H2,2-9H3/t27-,28+,29+,33+,34-,35?;26-,27+,28+,32+,33-/m11/s1. The number of ether oxygens (including phenoxy) is 2. The zero-order valence-corrected chi connectivity index (χ0v) is 67.7. The minimum atomic E-state index is -3.75. The molecule has 2 saturated carbocycles. The molecule has 1 unspecified atom stereocenters. The predicted molar refractivity (Wildman–Crippen MR) is 396 cm³/mol. The minimum absolute atomic E-state index is 0.0137. The molecule has 1 N–H and O–H groups in total. The SMILES string of the molecule is C=CCCC(=O)C(=O)[C@@H]1CCCCCCCN(S(=O)(=O)CC[Si](C)(C)C)C[C@H](CC(=O)OC(C)(C)C)C(=O)N2C[C@H]3[C@@H]([C@H]2C(=O)C1)C3(C)C.C=CCCC(=O)C(O)[C@H](C)CC(=O)[C@@H]1[C@@H]2[C@H](CN1C(=O)[C@@H](CC(=O)OC(C)(C)C)CN(CCCCCCC)S(=O)(=O)CC[Si](C)(C)C)C2(C)C. The molecule has 0 radical (unpaired) electrons. The largest absolute Gasteiger partial charge is 0.460 e. The maximum atomic E-state index is 14.6. The van der Waals surface area contributed by atoms with Crippen LogP contribution in [0.1, 0.15) is 205 Å². The van der Waals surface area contributed by atoms with Crippen LogP contribution >= 0.6 is 0 Å². The van der Waals surface area contributed by atoms with Crippen molar-refractivity contribution in [3.63, 3.8) is 0 Å². The molecule has 2 aliphatic carbocycles. The molecule has 0 aromatic heterocycles. The number of aliphatic hydroxyl groups excluding tert-OH is 1. The molecule has 566 valence electrons. The van der Waals surface area contributed by atoms with E-state index in [0.717, 1.165) is 44.9 Å². The number of sulfonamides is 2. The molecule has 3 saturated heterocycles. The van der Waals surface area contributed by atoms with Gasteiger partial charge in [0.15, 0.2) is 23.1 Å². The Kier molecular flexibility index (Phi) is 32.3. The number of carbonyl (C=O) groups excluding carboxylic acids is 9. The zero-order valence-electron chi connectivity index (χ0n) is 64.1. The van der Waals surface area contributed by atoms with Crippen LogP contribution in [0.15, 0.2) is 25.3 Å². The highest BCUT2D eigenvalue weighted by molar-refractivity contribution is 7.89. The topological polar surface area (TPSA) is 274 Å². The summed E-state index contributed by atoms with van der Waals surface area (Å²) in [6.45, 7) is 43.3. The minimum Gasteiger partial charge on any atom is -0.460 e. The van der Waals surface area contributed by atoms with Gasteiger partial charge in [0.25, 0.3) is 0 Å². The number of amides is 2. The Morgan fingerprint density at radius 3 is 1.85 bits per heavy atom. The van der Waals surface area contributed by atoms with Gasteiger partial charge in [0.05, 0.1) is 48.3 Å². The van der Waals surface area contributed by atoms with Crippen molar-refractivity contribution < 1.29 is 74.6 Å². The van der Waals surface area contributed by atoms with Crippen molar-refractivity contribution in [3.8, 4) is 0 Å². The van der Waals surface area contributed by atoms with Gasteiger partial charge in [-0.15, -0.1) is 13.2 Å². The molecule has 99 heavy (non-hydrogen) atoms. The molecule has 2 amide bonds. The number of likely N-dealkylation sites (tertiary alicyclic amines) is 1. The summed E-state index contributed by atoms with van der Waals surface area (Å²) in [7, 11) is -10.9. The molecular formula is C75H130N4O16S2Si2. The lowest BCUT2D eigenvalue weighted by molar-refractivity contribution is -0.159. The summed E-state index contributed by atoms with van der Waals surface area (Å²) in [4.78, 5) is 126. The van der Waals surface area contributed by atoms with Gasteiger partial charge in [-0.3, -0.25) is 43.2 Å². The summed E-state index contributed by atoms with van der Waals surface area (Å²) in [5.41, 5.74) is -1.97. The van der Waals surface area contributed by atoms with E-state index < -0.39 is 125 Å². The van der Waals surface area contributed by atoms with Gasteiger partial charge >= 0.3 is 11.9 Å². The van der Waals surface area contributed by atoms with Crippen molar-refractivity contribution >= 4 is 88.9 Å². The number of carbonyl (C=O) groups is 9. The molecule has 3 heterocycles. The van der Waals surface area contributed by atoms with Gasteiger partial charge in [-0.05, 0) is 126 Å². The van der Waals surface area contributed by atoms with E-state index in [-0.39, 0.29) is 128 Å². The van der Waals surface area contributed by atoms with Crippen LogP contribution in [-0.4, -0.2) is 189 Å². The Balaban J connectivity index is 0.000000420. The summed E-state index contributed by atoms with van der Waals surface area (Å²) < 4.78 is 69.6. The lowest BCUT2D eigenvalue weighted by atomic mass is 9.85. The number of nitrogens with zero attached hydrogens (tertiary/aromatic N) is 4. The smallest absolute Gasteiger partial charge is 0.307 e. The quantitative estimate of drug-likeness (QED) is 0.0206. The third-order valence-electron chi connectivity index (χ3n) is 21.0. The Bertz CT molecular complexity index is 3070. The van der Waals surface area contributed by atoms with Crippen LogP contribution in [0.5, 0.6) is 0 Å². The number of unbranched alkanes of at least 4 members (excludes halogenated alkanes) is 4. The monoisotopic (exact) mass is 1460 g/mol. The third-order valence-corrected chi connectivity index (χ3v) is 28.9. The van der Waals surface area contributed by atoms with Crippen LogP contribution < -0.4 is 0 Å². The van der Waals surface area contributed by atoms with E-state index in [4.69, 9.17) is 9.47 Å². The van der Waals surface area contributed by atoms with Crippen LogP contribution in [0.3, 0.4) is 0 Å². The number of piperidine rings is 2. The number of hydrogen-bond donors (Lipinski definition) is 1. The highest BCUT2D eigenvalue weighted by Gasteiger charge is 2.70. The molecule has 0 spiro atoms. The fourth-order valence-corrected chi connectivity index (χ4v) is 23.9. The van der Waals surface area contributed by atoms with Crippen LogP contribution in [0.2, 0.25) is 51.4 Å². The first kappa shape index (κ1) is 87.3. The number of rotatable bonds is 34. The van der Waals surface area contributed by atoms with Crippen molar-refractivity contribution in [2.24, 2.45) is 58.2 Å². The Labute approximate surface area is 598 Å². The van der Waals surface area contributed by atoms with Crippen molar-refractivity contribution in [1.29, 1.82) is 0 Å².